The van der Waals surface area contributed by atoms with Crippen molar-refractivity contribution in [3.63, 3.8) is 0 Å². The molecule has 0 saturated heterocycles. The van der Waals surface area contributed by atoms with E-state index in [0.717, 1.165) is 33.4 Å². The lowest BCUT2D eigenvalue weighted by atomic mass is 9.88. The highest BCUT2D eigenvalue weighted by atomic mass is 19.1. The topological polar surface area (TPSA) is 36.2 Å². The highest BCUT2D eigenvalue weighted by Crippen LogP contribution is 2.33. The van der Waals surface area contributed by atoms with Crippen molar-refractivity contribution >= 4 is 0 Å². The summed E-state index contributed by atoms with van der Waals surface area (Å²) in [7, 11) is 0. The molecule has 0 unspecified atom stereocenters. The van der Waals surface area contributed by atoms with Crippen LogP contribution >= 0.6 is 0 Å². The Morgan fingerprint density at radius 3 is 1.35 bits per heavy atom. The van der Waals surface area contributed by atoms with E-state index in [2.05, 4.69) is 5.11 Å². The number of halogens is 2. The molecule has 0 heterocycles. The lowest BCUT2D eigenvalue weighted by molar-refractivity contribution is 0.627. The second-order valence-corrected chi connectivity index (χ2v) is 7.54. The van der Waals surface area contributed by atoms with E-state index in [-0.39, 0.29) is 11.6 Å². The number of rotatable bonds is 7. The number of hydrogen-bond donors (Lipinski definition) is 1. The normalized spacial score (nSPS) is 10.9. The molecule has 4 heteroatoms. The molecule has 4 rings (SSSR count). The van der Waals surface area contributed by atoms with Crippen molar-refractivity contribution in [3.05, 3.63) is 142 Å². The summed E-state index contributed by atoms with van der Waals surface area (Å²) in [4.78, 5) is 0. The molecule has 0 aliphatic carbocycles. The molecular weight excluding hydrogens is 390 g/mol. The van der Waals surface area contributed by atoms with Crippen LogP contribution in [0, 0.1) is 17.2 Å². The molecule has 4 aromatic rings. The zero-order chi connectivity index (χ0) is 21.6. The van der Waals surface area contributed by atoms with Gasteiger partial charge in [0.2, 0.25) is 0 Å². The molecule has 0 fully saturated rings. The van der Waals surface area contributed by atoms with E-state index in [0.29, 0.717) is 12.8 Å². The smallest absolute Gasteiger partial charge is 0.123 e. The Hall–Kier alpha value is -3.66. The maximum Gasteiger partial charge on any atom is 0.123 e. The monoisotopic (exact) mass is 412 g/mol. The largest absolute Gasteiger partial charge is 0.209 e. The van der Waals surface area contributed by atoms with E-state index in [1.54, 1.807) is 24.3 Å². The van der Waals surface area contributed by atoms with Gasteiger partial charge in [0.15, 0.2) is 0 Å². The minimum Gasteiger partial charge on any atom is -0.209 e. The van der Waals surface area contributed by atoms with Crippen molar-refractivity contribution in [2.75, 3.05) is 0 Å². The molecule has 0 atom stereocenters. The predicted molar refractivity (Wildman–Crippen MR) is 118 cm³/mol. The first-order valence-corrected chi connectivity index (χ1v) is 10.1. The van der Waals surface area contributed by atoms with Gasteiger partial charge in [-0.05, 0) is 70.5 Å². The Bertz CT molecular complexity index is 1080. The molecule has 0 bridgehead atoms. The van der Waals surface area contributed by atoms with Crippen molar-refractivity contribution in [1.29, 1.82) is 5.53 Å². The number of nitrogens with one attached hydrogen (secondary N) is 1. The minimum atomic E-state index is -0.451. The van der Waals surface area contributed by atoms with E-state index in [1.165, 1.54) is 24.3 Å². The summed E-state index contributed by atoms with van der Waals surface area (Å²) in [6, 6.07) is 28.4. The van der Waals surface area contributed by atoms with E-state index >= 15 is 0 Å². The van der Waals surface area contributed by atoms with Gasteiger partial charge in [-0.25, -0.2) is 14.3 Å². The van der Waals surface area contributed by atoms with E-state index in [1.807, 2.05) is 48.5 Å². The fraction of sp³-hybridized carbons (Fsp3) is 0.111. The molecule has 1 N–H and O–H groups in total. The fourth-order valence-corrected chi connectivity index (χ4v) is 3.87. The van der Waals surface area contributed by atoms with Crippen molar-refractivity contribution in [1.82, 2.24) is 0 Å². The molecule has 0 amide bonds. The molecule has 2 nitrogen and oxygen atoms in total. The van der Waals surface area contributed by atoms with Crippen LogP contribution in [0.15, 0.2) is 102 Å². The zero-order valence-corrected chi connectivity index (χ0v) is 16.9. The molecule has 0 aliphatic heterocycles. The summed E-state index contributed by atoms with van der Waals surface area (Å²) >= 11 is 0. The van der Waals surface area contributed by atoms with Gasteiger partial charge in [-0.15, -0.1) is 0 Å². The van der Waals surface area contributed by atoms with Gasteiger partial charge >= 0.3 is 0 Å². The fourth-order valence-electron chi connectivity index (χ4n) is 3.87. The summed E-state index contributed by atoms with van der Waals surface area (Å²) in [6.45, 7) is 0. The lowest BCUT2D eigenvalue weighted by Gasteiger charge is -2.19. The van der Waals surface area contributed by atoms with E-state index in [4.69, 9.17) is 5.53 Å². The summed E-state index contributed by atoms with van der Waals surface area (Å²) in [6.07, 6.45) is 1.26. The minimum absolute atomic E-state index is 0.259. The van der Waals surface area contributed by atoms with Crippen molar-refractivity contribution in [2.24, 2.45) is 5.11 Å². The third kappa shape index (κ3) is 4.92. The van der Waals surface area contributed by atoms with E-state index in [9.17, 15) is 8.78 Å². The highest BCUT2D eigenvalue weighted by molar-refractivity contribution is 5.44. The maximum absolute atomic E-state index is 13.3. The molecule has 0 aromatic heterocycles. The van der Waals surface area contributed by atoms with Crippen LogP contribution in [0.5, 0.6) is 0 Å². The maximum atomic E-state index is 13.3. The molecule has 0 aliphatic rings. The molecule has 31 heavy (non-hydrogen) atoms. The summed E-state index contributed by atoms with van der Waals surface area (Å²) in [5.41, 5.74) is 14.0. The van der Waals surface area contributed by atoms with Crippen molar-refractivity contribution in [3.8, 4) is 0 Å². The van der Waals surface area contributed by atoms with Gasteiger partial charge in [-0.2, -0.15) is 5.11 Å². The lowest BCUT2D eigenvalue weighted by Crippen LogP contribution is -2.06. The van der Waals surface area contributed by atoms with Crippen LogP contribution in [-0.4, -0.2) is 0 Å². The van der Waals surface area contributed by atoms with Gasteiger partial charge in [0, 0.05) is 0 Å². The van der Waals surface area contributed by atoms with Crippen LogP contribution in [0.2, 0.25) is 0 Å². The Kier molecular flexibility index (Phi) is 6.27. The zero-order valence-electron chi connectivity index (χ0n) is 16.9. The molecule has 0 saturated carbocycles. The number of hydrogen-bond acceptors (Lipinski definition) is 2. The van der Waals surface area contributed by atoms with Gasteiger partial charge in [0.25, 0.3) is 0 Å². The summed E-state index contributed by atoms with van der Waals surface area (Å²) < 4.78 is 26.6. The average molecular weight is 412 g/mol. The number of nitrogens with zero attached hydrogens (tertiary/aromatic N) is 1. The standard InChI is InChI=1S/C27H22F2N2/c28-23-13-9-19(10-14-23)17-21-5-1-3-7-25(21)27(31-30)26-8-4-2-6-22(26)18-20-11-15-24(29)16-12-20/h1-16,27,30H,17-18H2. The van der Waals surface area contributed by atoms with Gasteiger partial charge in [-0.3, -0.25) is 0 Å². The van der Waals surface area contributed by atoms with Crippen LogP contribution in [0.4, 0.5) is 8.78 Å². The van der Waals surface area contributed by atoms with Crippen LogP contribution in [-0.2, 0) is 12.8 Å². The Balaban J connectivity index is 1.69. The Morgan fingerprint density at radius 1 is 0.581 bits per heavy atom. The van der Waals surface area contributed by atoms with Crippen molar-refractivity contribution in [2.45, 2.75) is 18.9 Å². The average Bonchev–Trinajstić information content (AvgIpc) is 2.79. The quantitative estimate of drug-likeness (QED) is 0.310. The van der Waals surface area contributed by atoms with Crippen LogP contribution in [0.1, 0.15) is 39.4 Å². The molecular formula is C27H22F2N2. The first-order chi connectivity index (χ1) is 15.1. The summed E-state index contributed by atoms with van der Waals surface area (Å²) in [5.74, 6) is -0.517. The second-order valence-electron chi connectivity index (χ2n) is 7.54. The summed E-state index contributed by atoms with van der Waals surface area (Å²) in [5, 5.41) is 3.99. The predicted octanol–water partition coefficient (Wildman–Crippen LogP) is 7.27. The van der Waals surface area contributed by atoms with Gasteiger partial charge in [-0.1, -0.05) is 72.8 Å². The second kappa shape index (κ2) is 9.43. The Labute approximate surface area is 180 Å². The van der Waals surface area contributed by atoms with E-state index < -0.39 is 6.04 Å². The van der Waals surface area contributed by atoms with Crippen molar-refractivity contribution < 1.29 is 8.78 Å². The van der Waals surface area contributed by atoms with Gasteiger partial charge < -0.3 is 0 Å². The van der Waals surface area contributed by atoms with Gasteiger partial charge in [0.1, 0.15) is 17.7 Å². The third-order valence-electron chi connectivity index (χ3n) is 5.44. The van der Waals surface area contributed by atoms with Gasteiger partial charge in [0.05, 0.1) is 0 Å². The van der Waals surface area contributed by atoms with Crippen LogP contribution in [0.3, 0.4) is 0 Å². The molecule has 0 spiro atoms. The first kappa shape index (κ1) is 20.6. The first-order valence-electron chi connectivity index (χ1n) is 10.1. The molecule has 154 valence electrons. The third-order valence-corrected chi connectivity index (χ3v) is 5.44. The number of benzene rings is 4. The SMILES string of the molecule is N=NC(c1ccccc1Cc1ccc(F)cc1)c1ccccc1Cc1ccc(F)cc1. The van der Waals surface area contributed by atoms with Crippen LogP contribution < -0.4 is 0 Å². The highest BCUT2D eigenvalue weighted by Gasteiger charge is 2.20. The van der Waals surface area contributed by atoms with Crippen LogP contribution in [0.25, 0.3) is 0 Å². The Morgan fingerprint density at radius 2 is 0.968 bits per heavy atom. The molecule has 4 aromatic carbocycles. The molecule has 0 radical (unpaired) electrons.